The van der Waals surface area contributed by atoms with Gasteiger partial charge in [0.1, 0.15) is 0 Å². The first-order chi connectivity index (χ1) is 13.6. The zero-order valence-electron chi connectivity index (χ0n) is 15.6. The highest BCUT2D eigenvalue weighted by molar-refractivity contribution is 8.00. The molecule has 2 aromatic carbocycles. The van der Waals surface area contributed by atoms with Crippen LogP contribution in [-0.4, -0.2) is 28.3 Å². The molecule has 0 spiro atoms. The minimum atomic E-state index is 0.0154. The third-order valence-corrected chi connectivity index (χ3v) is 5.67. The number of aryl methyl sites for hydroxylation is 2. The van der Waals surface area contributed by atoms with Gasteiger partial charge in [-0.3, -0.25) is 4.79 Å². The molecular weight excluding hydrogens is 394 g/mol. The van der Waals surface area contributed by atoms with Crippen molar-refractivity contribution >= 4 is 29.3 Å². The second kappa shape index (κ2) is 10.3. The van der Waals surface area contributed by atoms with Crippen molar-refractivity contribution < 1.29 is 9.32 Å². The lowest BCUT2D eigenvalue weighted by atomic mass is 10.0. The fourth-order valence-corrected chi connectivity index (χ4v) is 4.01. The van der Waals surface area contributed by atoms with Crippen LogP contribution in [0.15, 0.2) is 59.1 Å². The van der Waals surface area contributed by atoms with E-state index in [-0.39, 0.29) is 11.2 Å². The molecule has 0 aliphatic carbocycles. The van der Waals surface area contributed by atoms with E-state index in [9.17, 15) is 4.79 Å². The number of hydrogen-bond donors (Lipinski definition) is 1. The zero-order chi connectivity index (χ0) is 19.8. The number of nitrogens with zero attached hydrogens (tertiary/aromatic N) is 2. The predicted octanol–water partition coefficient (Wildman–Crippen LogP) is 4.60. The number of rotatable bonds is 9. The van der Waals surface area contributed by atoms with Gasteiger partial charge in [-0.15, -0.1) is 11.8 Å². The van der Waals surface area contributed by atoms with Gasteiger partial charge in [0, 0.05) is 18.0 Å². The lowest BCUT2D eigenvalue weighted by Gasteiger charge is -2.17. The van der Waals surface area contributed by atoms with E-state index in [1.807, 2.05) is 42.5 Å². The standard InChI is InChI=1S/C21H22ClN3O2S/c1-15-24-20(27-25-15)8-5-13-23-19(26)14-28-21(16-6-3-2-4-7-16)17-9-11-18(22)12-10-17/h2-4,6-7,9-12,21H,5,8,13-14H2,1H3,(H,23,26). The van der Waals surface area contributed by atoms with Crippen LogP contribution in [0.2, 0.25) is 5.02 Å². The number of aromatic nitrogens is 2. The van der Waals surface area contributed by atoms with Gasteiger partial charge in [-0.25, -0.2) is 0 Å². The van der Waals surface area contributed by atoms with E-state index in [0.717, 1.165) is 17.5 Å². The monoisotopic (exact) mass is 415 g/mol. The zero-order valence-corrected chi connectivity index (χ0v) is 17.2. The van der Waals surface area contributed by atoms with Crippen LogP contribution in [0, 0.1) is 6.92 Å². The van der Waals surface area contributed by atoms with Crippen molar-refractivity contribution in [3.8, 4) is 0 Å². The molecule has 0 saturated heterocycles. The number of hydrogen-bond acceptors (Lipinski definition) is 5. The van der Waals surface area contributed by atoms with Crippen LogP contribution < -0.4 is 5.32 Å². The van der Waals surface area contributed by atoms with Crippen molar-refractivity contribution in [3.05, 3.63) is 82.5 Å². The van der Waals surface area contributed by atoms with E-state index in [0.29, 0.717) is 35.5 Å². The summed E-state index contributed by atoms with van der Waals surface area (Å²) in [6.45, 7) is 2.37. The molecule has 3 aromatic rings. The van der Waals surface area contributed by atoms with Gasteiger partial charge in [-0.1, -0.05) is 59.2 Å². The summed E-state index contributed by atoms with van der Waals surface area (Å²) in [7, 11) is 0. The quantitative estimate of drug-likeness (QED) is 0.517. The summed E-state index contributed by atoms with van der Waals surface area (Å²) >= 11 is 7.62. The molecule has 7 heteroatoms. The van der Waals surface area contributed by atoms with E-state index in [2.05, 4.69) is 27.6 Å². The molecule has 1 aromatic heterocycles. The minimum Gasteiger partial charge on any atom is -0.355 e. The molecule has 28 heavy (non-hydrogen) atoms. The highest BCUT2D eigenvalue weighted by Gasteiger charge is 2.16. The summed E-state index contributed by atoms with van der Waals surface area (Å²) in [5, 5.41) is 7.49. The maximum atomic E-state index is 12.3. The maximum Gasteiger partial charge on any atom is 0.230 e. The summed E-state index contributed by atoms with van der Waals surface area (Å²) in [6.07, 6.45) is 1.42. The van der Waals surface area contributed by atoms with Crippen molar-refractivity contribution in [2.75, 3.05) is 12.3 Å². The largest absolute Gasteiger partial charge is 0.355 e. The molecule has 1 amide bonds. The van der Waals surface area contributed by atoms with Crippen LogP contribution in [-0.2, 0) is 11.2 Å². The fraction of sp³-hybridized carbons (Fsp3) is 0.286. The first kappa shape index (κ1) is 20.4. The van der Waals surface area contributed by atoms with Crippen LogP contribution in [0.3, 0.4) is 0 Å². The second-order valence-corrected chi connectivity index (χ2v) is 7.87. The van der Waals surface area contributed by atoms with E-state index in [1.165, 1.54) is 0 Å². The summed E-state index contributed by atoms with van der Waals surface area (Å²) < 4.78 is 5.07. The Kier molecular flexibility index (Phi) is 7.51. The Labute approximate surface area is 173 Å². The smallest absolute Gasteiger partial charge is 0.230 e. The van der Waals surface area contributed by atoms with E-state index in [1.54, 1.807) is 18.7 Å². The van der Waals surface area contributed by atoms with Gasteiger partial charge in [0.25, 0.3) is 0 Å². The van der Waals surface area contributed by atoms with Crippen LogP contribution >= 0.6 is 23.4 Å². The van der Waals surface area contributed by atoms with E-state index < -0.39 is 0 Å². The molecule has 0 aliphatic heterocycles. The topological polar surface area (TPSA) is 68.0 Å². The van der Waals surface area contributed by atoms with Crippen LogP contribution in [0.4, 0.5) is 0 Å². The summed E-state index contributed by atoms with van der Waals surface area (Å²) in [6, 6.07) is 18.0. The van der Waals surface area contributed by atoms with E-state index in [4.69, 9.17) is 16.1 Å². The van der Waals surface area contributed by atoms with Gasteiger partial charge < -0.3 is 9.84 Å². The van der Waals surface area contributed by atoms with Gasteiger partial charge in [0.15, 0.2) is 5.82 Å². The van der Waals surface area contributed by atoms with Crippen molar-refractivity contribution in [1.82, 2.24) is 15.5 Å². The number of carbonyl (C=O) groups excluding carboxylic acids is 1. The first-order valence-electron chi connectivity index (χ1n) is 9.10. The fourth-order valence-electron chi connectivity index (χ4n) is 2.77. The number of carbonyl (C=O) groups is 1. The van der Waals surface area contributed by atoms with Crippen molar-refractivity contribution in [1.29, 1.82) is 0 Å². The highest BCUT2D eigenvalue weighted by Crippen LogP contribution is 2.35. The molecule has 0 radical (unpaired) electrons. The van der Waals surface area contributed by atoms with Crippen molar-refractivity contribution in [2.45, 2.75) is 25.0 Å². The van der Waals surface area contributed by atoms with Crippen LogP contribution in [0.25, 0.3) is 0 Å². The Morgan fingerprint density at radius 3 is 2.54 bits per heavy atom. The Balaban J connectivity index is 1.51. The minimum absolute atomic E-state index is 0.0154. The Morgan fingerprint density at radius 1 is 1.14 bits per heavy atom. The SMILES string of the molecule is Cc1noc(CCCNC(=O)CSC(c2ccccc2)c2ccc(Cl)cc2)n1. The average Bonchev–Trinajstić information content (AvgIpc) is 3.13. The number of thioether (sulfide) groups is 1. The third-order valence-electron chi connectivity index (χ3n) is 4.12. The molecule has 1 unspecified atom stereocenters. The average molecular weight is 416 g/mol. The summed E-state index contributed by atoms with van der Waals surface area (Å²) in [5.74, 6) is 1.63. The number of amides is 1. The van der Waals surface area contributed by atoms with Gasteiger partial charge in [-0.05, 0) is 36.6 Å². The number of halogens is 1. The molecule has 0 aliphatic rings. The maximum absolute atomic E-state index is 12.3. The van der Waals surface area contributed by atoms with Gasteiger partial charge in [0.05, 0.1) is 11.0 Å². The molecule has 0 fully saturated rings. The number of benzene rings is 2. The molecular formula is C21H22ClN3O2S. The number of nitrogens with one attached hydrogen (secondary N) is 1. The molecule has 0 saturated carbocycles. The lowest BCUT2D eigenvalue weighted by Crippen LogP contribution is -2.26. The van der Waals surface area contributed by atoms with E-state index >= 15 is 0 Å². The normalized spacial score (nSPS) is 11.9. The van der Waals surface area contributed by atoms with Crippen molar-refractivity contribution in [3.63, 3.8) is 0 Å². The molecule has 146 valence electrons. The molecule has 1 heterocycles. The summed E-state index contributed by atoms with van der Waals surface area (Å²) in [4.78, 5) is 16.4. The second-order valence-electron chi connectivity index (χ2n) is 6.34. The van der Waals surface area contributed by atoms with Crippen molar-refractivity contribution in [2.24, 2.45) is 0 Å². The molecule has 5 nitrogen and oxygen atoms in total. The Bertz CT molecular complexity index is 884. The van der Waals surface area contributed by atoms with Gasteiger partial charge in [0.2, 0.25) is 11.8 Å². The Hall–Kier alpha value is -2.31. The highest BCUT2D eigenvalue weighted by atomic mass is 35.5. The molecule has 3 rings (SSSR count). The predicted molar refractivity (Wildman–Crippen MR) is 113 cm³/mol. The molecule has 1 atom stereocenters. The first-order valence-corrected chi connectivity index (χ1v) is 10.5. The van der Waals surface area contributed by atoms with Crippen LogP contribution in [0.1, 0.15) is 34.5 Å². The lowest BCUT2D eigenvalue weighted by molar-refractivity contribution is -0.118. The third kappa shape index (κ3) is 6.11. The molecule has 1 N–H and O–H groups in total. The van der Waals surface area contributed by atoms with Crippen LogP contribution in [0.5, 0.6) is 0 Å². The van der Waals surface area contributed by atoms with Gasteiger partial charge >= 0.3 is 0 Å². The summed E-state index contributed by atoms with van der Waals surface area (Å²) in [5.41, 5.74) is 2.29. The Morgan fingerprint density at radius 2 is 1.86 bits per heavy atom. The van der Waals surface area contributed by atoms with Gasteiger partial charge in [-0.2, -0.15) is 4.98 Å². The molecule has 0 bridgehead atoms.